The molecule has 1 aliphatic rings. The number of hydrogen-bond acceptors (Lipinski definition) is 3. The van der Waals surface area contributed by atoms with Gasteiger partial charge in [-0.15, -0.1) is 0 Å². The molecule has 2 aromatic rings. The molecule has 1 N–H and O–H groups in total. The molecule has 2 aromatic carbocycles. The summed E-state index contributed by atoms with van der Waals surface area (Å²) in [4.78, 5) is 12.1. The normalized spacial score (nSPS) is 24.7. The molecule has 22 heavy (non-hydrogen) atoms. The molecule has 0 amide bonds. The molecule has 1 fully saturated rings. The van der Waals surface area contributed by atoms with Crippen molar-refractivity contribution >= 4 is 5.97 Å². The first-order valence-electron chi connectivity index (χ1n) is 7.73. The molecule has 1 saturated carbocycles. The Balaban J connectivity index is 1.60. The Morgan fingerprint density at radius 1 is 0.955 bits per heavy atom. The van der Waals surface area contributed by atoms with Crippen molar-refractivity contribution in [2.75, 3.05) is 0 Å². The van der Waals surface area contributed by atoms with Gasteiger partial charge in [0.05, 0.1) is 11.7 Å². The molecule has 3 atom stereocenters. The van der Waals surface area contributed by atoms with Gasteiger partial charge in [-0.25, -0.2) is 4.79 Å². The number of esters is 1. The summed E-state index contributed by atoms with van der Waals surface area (Å²) >= 11 is 0. The van der Waals surface area contributed by atoms with Crippen molar-refractivity contribution in [1.82, 2.24) is 0 Å². The van der Waals surface area contributed by atoms with Crippen LogP contribution in [0, 0.1) is 0 Å². The third-order valence-corrected chi connectivity index (χ3v) is 4.29. The van der Waals surface area contributed by atoms with Crippen LogP contribution in [-0.2, 0) is 4.74 Å². The predicted octanol–water partition coefficient (Wildman–Crippen LogP) is 3.54. The second-order valence-electron chi connectivity index (χ2n) is 5.80. The Morgan fingerprint density at radius 2 is 1.59 bits per heavy atom. The van der Waals surface area contributed by atoms with E-state index in [1.165, 1.54) is 5.56 Å². The van der Waals surface area contributed by atoms with Gasteiger partial charge in [0.2, 0.25) is 0 Å². The van der Waals surface area contributed by atoms with E-state index in [1.54, 1.807) is 24.3 Å². The summed E-state index contributed by atoms with van der Waals surface area (Å²) < 4.78 is 5.48. The number of carbonyl (C=O) groups is 1. The van der Waals surface area contributed by atoms with Gasteiger partial charge in [0.25, 0.3) is 0 Å². The van der Waals surface area contributed by atoms with Crippen LogP contribution in [0.15, 0.2) is 60.7 Å². The minimum absolute atomic E-state index is 0.336. The zero-order valence-electron chi connectivity index (χ0n) is 12.4. The van der Waals surface area contributed by atoms with Gasteiger partial charge >= 0.3 is 5.97 Å². The first-order chi connectivity index (χ1) is 10.7. The summed E-state index contributed by atoms with van der Waals surface area (Å²) in [6.07, 6.45) is 1.24. The quantitative estimate of drug-likeness (QED) is 0.881. The molecule has 0 aromatic heterocycles. The Morgan fingerprint density at radius 3 is 2.23 bits per heavy atom. The van der Waals surface area contributed by atoms with Crippen molar-refractivity contribution in [2.45, 2.75) is 37.4 Å². The summed E-state index contributed by atoms with van der Waals surface area (Å²) in [5, 5.41) is 10.3. The van der Waals surface area contributed by atoms with E-state index in [2.05, 4.69) is 12.1 Å². The zero-order valence-corrected chi connectivity index (χ0v) is 12.4. The third kappa shape index (κ3) is 3.37. The second kappa shape index (κ2) is 6.75. The first-order valence-corrected chi connectivity index (χ1v) is 7.73. The topological polar surface area (TPSA) is 46.5 Å². The molecule has 3 rings (SSSR count). The van der Waals surface area contributed by atoms with Crippen LogP contribution < -0.4 is 0 Å². The molecule has 1 aliphatic carbocycles. The maximum Gasteiger partial charge on any atom is 0.338 e. The molecule has 0 aliphatic heterocycles. The molecule has 0 heterocycles. The van der Waals surface area contributed by atoms with Crippen molar-refractivity contribution in [3.8, 4) is 0 Å². The molecule has 3 nitrogen and oxygen atoms in total. The zero-order chi connectivity index (χ0) is 15.4. The molecule has 3 unspecified atom stereocenters. The average molecular weight is 296 g/mol. The number of hydrogen-bond donors (Lipinski definition) is 1. The lowest BCUT2D eigenvalue weighted by atomic mass is 9.81. The van der Waals surface area contributed by atoms with Crippen molar-refractivity contribution in [1.29, 1.82) is 0 Å². The predicted molar refractivity (Wildman–Crippen MR) is 84.7 cm³/mol. The highest BCUT2D eigenvalue weighted by Gasteiger charge is 2.32. The van der Waals surface area contributed by atoms with E-state index < -0.39 is 12.2 Å². The monoisotopic (exact) mass is 296 g/mol. The lowest BCUT2D eigenvalue weighted by Crippen LogP contribution is -2.36. The number of aliphatic hydroxyl groups excluding tert-OH is 1. The highest BCUT2D eigenvalue weighted by Crippen LogP contribution is 2.34. The van der Waals surface area contributed by atoms with E-state index in [1.807, 2.05) is 24.3 Å². The summed E-state index contributed by atoms with van der Waals surface area (Å²) in [7, 11) is 0. The number of benzene rings is 2. The number of rotatable bonds is 3. The fraction of sp³-hybridized carbons (Fsp3) is 0.316. The van der Waals surface area contributed by atoms with Gasteiger partial charge in [0, 0.05) is 0 Å². The minimum Gasteiger partial charge on any atom is -0.456 e. The van der Waals surface area contributed by atoms with E-state index in [4.69, 9.17) is 4.74 Å². The van der Waals surface area contributed by atoms with Crippen LogP contribution in [0.5, 0.6) is 0 Å². The van der Waals surface area contributed by atoms with Gasteiger partial charge in [0.1, 0.15) is 6.10 Å². The Hall–Kier alpha value is -2.13. The molecule has 0 saturated heterocycles. The molecule has 0 bridgehead atoms. The average Bonchev–Trinajstić information content (AvgIpc) is 2.58. The molecule has 114 valence electrons. The van der Waals surface area contributed by atoms with Crippen LogP contribution in [0.1, 0.15) is 41.1 Å². The van der Waals surface area contributed by atoms with Crippen molar-refractivity contribution in [3.05, 3.63) is 71.8 Å². The van der Waals surface area contributed by atoms with Crippen LogP contribution in [0.3, 0.4) is 0 Å². The fourth-order valence-corrected chi connectivity index (χ4v) is 3.06. The van der Waals surface area contributed by atoms with Crippen LogP contribution in [0.4, 0.5) is 0 Å². The van der Waals surface area contributed by atoms with Crippen LogP contribution >= 0.6 is 0 Å². The standard InChI is InChI=1S/C19H20O3/c20-17-13-16(14-7-3-1-4-8-14)11-12-18(17)22-19(21)15-9-5-2-6-10-15/h1-10,16-18,20H,11-13H2. The largest absolute Gasteiger partial charge is 0.456 e. The summed E-state index contributed by atoms with van der Waals surface area (Å²) in [5.41, 5.74) is 1.77. The lowest BCUT2D eigenvalue weighted by Gasteiger charge is -2.33. The maximum atomic E-state index is 12.1. The summed E-state index contributed by atoms with van der Waals surface area (Å²) in [6, 6.07) is 19.1. The van der Waals surface area contributed by atoms with E-state index >= 15 is 0 Å². The van der Waals surface area contributed by atoms with Crippen LogP contribution in [0.25, 0.3) is 0 Å². The molecule has 0 spiro atoms. The Bertz CT molecular complexity index is 609. The van der Waals surface area contributed by atoms with Crippen molar-refractivity contribution < 1.29 is 14.6 Å². The van der Waals surface area contributed by atoms with Gasteiger partial charge < -0.3 is 9.84 Å². The molecular weight excluding hydrogens is 276 g/mol. The fourth-order valence-electron chi connectivity index (χ4n) is 3.06. The van der Waals surface area contributed by atoms with E-state index in [0.29, 0.717) is 24.3 Å². The van der Waals surface area contributed by atoms with Gasteiger partial charge in [-0.2, -0.15) is 0 Å². The van der Waals surface area contributed by atoms with Gasteiger partial charge in [-0.3, -0.25) is 0 Å². The Labute approximate surface area is 130 Å². The summed E-state index contributed by atoms with van der Waals surface area (Å²) in [5.74, 6) is -0.0225. The third-order valence-electron chi connectivity index (χ3n) is 4.29. The Kier molecular flexibility index (Phi) is 4.54. The van der Waals surface area contributed by atoms with Crippen molar-refractivity contribution in [3.63, 3.8) is 0 Å². The van der Waals surface area contributed by atoms with Gasteiger partial charge in [-0.1, -0.05) is 48.5 Å². The van der Waals surface area contributed by atoms with Crippen molar-refractivity contribution in [2.24, 2.45) is 0 Å². The van der Waals surface area contributed by atoms with E-state index in [-0.39, 0.29) is 5.97 Å². The first kappa shape index (κ1) is 14.8. The molecule has 3 heteroatoms. The van der Waals surface area contributed by atoms with E-state index in [0.717, 1.165) is 6.42 Å². The SMILES string of the molecule is O=C(OC1CCC(c2ccccc2)CC1O)c1ccccc1. The van der Waals surface area contributed by atoms with E-state index in [9.17, 15) is 9.90 Å². The van der Waals surface area contributed by atoms with Crippen LogP contribution in [0.2, 0.25) is 0 Å². The van der Waals surface area contributed by atoms with Crippen LogP contribution in [-0.4, -0.2) is 23.3 Å². The maximum absolute atomic E-state index is 12.1. The number of aliphatic hydroxyl groups is 1. The highest BCUT2D eigenvalue weighted by atomic mass is 16.6. The second-order valence-corrected chi connectivity index (χ2v) is 5.80. The smallest absolute Gasteiger partial charge is 0.338 e. The number of carbonyl (C=O) groups excluding carboxylic acids is 1. The minimum atomic E-state index is -0.605. The lowest BCUT2D eigenvalue weighted by molar-refractivity contribution is -0.0401. The molecule has 0 radical (unpaired) electrons. The van der Waals surface area contributed by atoms with Gasteiger partial charge in [0.15, 0.2) is 0 Å². The number of ether oxygens (including phenoxy) is 1. The van der Waals surface area contributed by atoms with Gasteiger partial charge in [-0.05, 0) is 42.9 Å². The summed E-state index contributed by atoms with van der Waals surface area (Å²) in [6.45, 7) is 0. The molecular formula is C19H20O3. The highest BCUT2D eigenvalue weighted by molar-refractivity contribution is 5.89.